The third-order valence-electron chi connectivity index (χ3n) is 3.59. The summed E-state index contributed by atoms with van der Waals surface area (Å²) in [5, 5.41) is 12.2. The van der Waals surface area contributed by atoms with E-state index in [-0.39, 0.29) is 0 Å². The number of aliphatic hydroxyl groups excluding tert-OH is 1. The number of likely N-dealkylation sites (tertiary alicyclic amines) is 1. The lowest BCUT2D eigenvalue weighted by Crippen LogP contribution is -2.35. The van der Waals surface area contributed by atoms with Crippen molar-refractivity contribution in [3.8, 4) is 0 Å². The van der Waals surface area contributed by atoms with Crippen LogP contribution in [-0.4, -0.2) is 46.2 Å². The van der Waals surface area contributed by atoms with Crippen molar-refractivity contribution in [2.24, 2.45) is 5.92 Å². The number of nitrogens with one attached hydrogen (secondary N) is 1. The molecule has 0 spiro atoms. The van der Waals surface area contributed by atoms with Crippen LogP contribution in [0, 0.1) is 5.92 Å². The largest absolute Gasteiger partial charge is 0.396 e. The molecule has 5 heteroatoms. The van der Waals surface area contributed by atoms with E-state index in [0.29, 0.717) is 12.5 Å². The molecule has 2 heterocycles. The van der Waals surface area contributed by atoms with Crippen LogP contribution in [0.1, 0.15) is 31.9 Å². The highest BCUT2D eigenvalue weighted by molar-refractivity contribution is 5.30. The van der Waals surface area contributed by atoms with Gasteiger partial charge >= 0.3 is 0 Å². The summed E-state index contributed by atoms with van der Waals surface area (Å²) in [7, 11) is 0. The van der Waals surface area contributed by atoms with E-state index < -0.39 is 0 Å². The first-order chi connectivity index (χ1) is 9.31. The number of nitrogens with zero attached hydrogens (tertiary/aromatic N) is 3. The van der Waals surface area contributed by atoms with Crippen LogP contribution in [0.5, 0.6) is 0 Å². The molecule has 19 heavy (non-hydrogen) atoms. The number of rotatable bonds is 6. The highest BCUT2D eigenvalue weighted by Crippen LogP contribution is 2.20. The maximum atomic E-state index is 9.03. The fourth-order valence-corrected chi connectivity index (χ4v) is 2.65. The summed E-state index contributed by atoms with van der Waals surface area (Å²) in [6.07, 6.45) is 7.03. The molecule has 0 radical (unpaired) electrons. The Balaban J connectivity index is 1.85. The quantitative estimate of drug-likeness (QED) is 0.815. The van der Waals surface area contributed by atoms with Gasteiger partial charge in [0.15, 0.2) is 0 Å². The van der Waals surface area contributed by atoms with Crippen molar-refractivity contribution in [1.29, 1.82) is 0 Å². The van der Waals surface area contributed by atoms with Gasteiger partial charge in [0.05, 0.1) is 18.1 Å². The van der Waals surface area contributed by atoms with Crippen LogP contribution in [0.3, 0.4) is 0 Å². The van der Waals surface area contributed by atoms with Gasteiger partial charge in [0.2, 0.25) is 0 Å². The Morgan fingerprint density at radius 3 is 3.00 bits per heavy atom. The second kappa shape index (κ2) is 7.40. The molecular formula is C14H24N4O. The molecule has 0 saturated carbocycles. The topological polar surface area (TPSA) is 61.3 Å². The molecule has 1 aromatic heterocycles. The lowest BCUT2D eigenvalue weighted by atomic mass is 9.95. The standard InChI is InChI=1S/C14H24N4O/c1-2-15-14-9-16-13(8-17-14)11-18-6-3-4-12(10-18)5-7-19/h8-9,12,19H,2-7,10-11H2,1H3,(H,15,17). The van der Waals surface area contributed by atoms with E-state index in [1.807, 2.05) is 13.1 Å². The van der Waals surface area contributed by atoms with Gasteiger partial charge in [-0.05, 0) is 38.6 Å². The summed E-state index contributed by atoms with van der Waals surface area (Å²) in [5.41, 5.74) is 1.02. The van der Waals surface area contributed by atoms with Gasteiger partial charge in [-0.3, -0.25) is 9.88 Å². The number of hydrogen-bond acceptors (Lipinski definition) is 5. The molecule has 0 aromatic carbocycles. The van der Waals surface area contributed by atoms with Crippen LogP contribution in [0.4, 0.5) is 5.82 Å². The van der Waals surface area contributed by atoms with E-state index >= 15 is 0 Å². The minimum absolute atomic E-state index is 0.301. The number of anilines is 1. The van der Waals surface area contributed by atoms with Gasteiger partial charge in [-0.15, -0.1) is 0 Å². The van der Waals surface area contributed by atoms with Gasteiger partial charge < -0.3 is 10.4 Å². The van der Waals surface area contributed by atoms with Crippen LogP contribution in [-0.2, 0) is 6.54 Å². The highest BCUT2D eigenvalue weighted by atomic mass is 16.3. The van der Waals surface area contributed by atoms with Crippen molar-refractivity contribution in [3.63, 3.8) is 0 Å². The fourth-order valence-electron chi connectivity index (χ4n) is 2.65. The Morgan fingerprint density at radius 1 is 1.42 bits per heavy atom. The van der Waals surface area contributed by atoms with E-state index in [2.05, 4.69) is 20.2 Å². The molecule has 0 bridgehead atoms. The summed E-state index contributed by atoms with van der Waals surface area (Å²) in [6, 6.07) is 0. The maximum Gasteiger partial charge on any atom is 0.144 e. The average molecular weight is 264 g/mol. The van der Waals surface area contributed by atoms with Crippen molar-refractivity contribution < 1.29 is 5.11 Å². The summed E-state index contributed by atoms with van der Waals surface area (Å²) >= 11 is 0. The van der Waals surface area contributed by atoms with Gasteiger partial charge in [-0.25, -0.2) is 4.98 Å². The first kappa shape index (κ1) is 14.2. The van der Waals surface area contributed by atoms with Gasteiger partial charge in [0, 0.05) is 26.2 Å². The van der Waals surface area contributed by atoms with E-state index in [9.17, 15) is 0 Å². The zero-order valence-corrected chi connectivity index (χ0v) is 11.7. The van der Waals surface area contributed by atoms with Crippen molar-refractivity contribution in [1.82, 2.24) is 14.9 Å². The minimum Gasteiger partial charge on any atom is -0.396 e. The Bertz CT molecular complexity index is 366. The summed E-state index contributed by atoms with van der Waals surface area (Å²) in [5.74, 6) is 1.47. The molecule has 0 aliphatic carbocycles. The number of piperidine rings is 1. The lowest BCUT2D eigenvalue weighted by molar-refractivity contribution is 0.141. The molecule has 1 atom stereocenters. The first-order valence-electron chi connectivity index (χ1n) is 7.19. The van der Waals surface area contributed by atoms with Crippen LogP contribution in [0.2, 0.25) is 0 Å². The Morgan fingerprint density at radius 2 is 2.32 bits per heavy atom. The molecule has 106 valence electrons. The summed E-state index contributed by atoms with van der Waals surface area (Å²) in [6.45, 7) is 6.26. The number of hydrogen-bond donors (Lipinski definition) is 2. The predicted molar refractivity (Wildman–Crippen MR) is 75.9 cm³/mol. The van der Waals surface area contributed by atoms with Crippen LogP contribution >= 0.6 is 0 Å². The molecule has 1 aromatic rings. The average Bonchev–Trinajstić information content (AvgIpc) is 2.42. The van der Waals surface area contributed by atoms with E-state index in [1.54, 1.807) is 6.20 Å². The zero-order valence-electron chi connectivity index (χ0n) is 11.7. The molecule has 5 nitrogen and oxygen atoms in total. The number of aromatic nitrogens is 2. The SMILES string of the molecule is CCNc1cnc(CN2CCCC(CCO)C2)cn1. The molecule has 1 saturated heterocycles. The molecule has 2 N–H and O–H groups in total. The smallest absolute Gasteiger partial charge is 0.144 e. The van der Waals surface area contributed by atoms with Gasteiger partial charge in [-0.1, -0.05) is 0 Å². The molecule has 1 unspecified atom stereocenters. The van der Waals surface area contributed by atoms with E-state index in [0.717, 1.165) is 44.1 Å². The minimum atomic E-state index is 0.301. The van der Waals surface area contributed by atoms with Crippen molar-refractivity contribution in [2.45, 2.75) is 32.7 Å². The lowest BCUT2D eigenvalue weighted by Gasteiger charge is -2.32. The highest BCUT2D eigenvalue weighted by Gasteiger charge is 2.19. The molecule has 1 fully saturated rings. The van der Waals surface area contributed by atoms with Crippen LogP contribution in [0.25, 0.3) is 0 Å². The van der Waals surface area contributed by atoms with E-state index in [4.69, 9.17) is 5.11 Å². The maximum absolute atomic E-state index is 9.03. The van der Waals surface area contributed by atoms with Crippen molar-refractivity contribution in [2.75, 3.05) is 31.6 Å². The molecule has 0 amide bonds. The Hall–Kier alpha value is -1.20. The zero-order chi connectivity index (χ0) is 13.5. The normalized spacial score (nSPS) is 20.4. The monoisotopic (exact) mass is 264 g/mol. The summed E-state index contributed by atoms with van der Waals surface area (Å²) < 4.78 is 0. The molecular weight excluding hydrogens is 240 g/mol. The van der Waals surface area contributed by atoms with Crippen LogP contribution < -0.4 is 5.32 Å². The second-order valence-electron chi connectivity index (χ2n) is 5.18. The van der Waals surface area contributed by atoms with Crippen molar-refractivity contribution >= 4 is 5.82 Å². The third-order valence-corrected chi connectivity index (χ3v) is 3.59. The first-order valence-corrected chi connectivity index (χ1v) is 7.19. The van der Waals surface area contributed by atoms with Gasteiger partial charge in [0.1, 0.15) is 5.82 Å². The van der Waals surface area contributed by atoms with Gasteiger partial charge in [-0.2, -0.15) is 0 Å². The molecule has 1 aliphatic rings. The molecule has 2 rings (SSSR count). The predicted octanol–water partition coefficient (Wildman–Crippen LogP) is 1.50. The van der Waals surface area contributed by atoms with Crippen molar-refractivity contribution in [3.05, 3.63) is 18.1 Å². The third kappa shape index (κ3) is 4.44. The van der Waals surface area contributed by atoms with Gasteiger partial charge in [0.25, 0.3) is 0 Å². The summed E-state index contributed by atoms with van der Waals surface area (Å²) in [4.78, 5) is 11.2. The van der Waals surface area contributed by atoms with Crippen LogP contribution in [0.15, 0.2) is 12.4 Å². The fraction of sp³-hybridized carbons (Fsp3) is 0.714. The van der Waals surface area contributed by atoms with E-state index in [1.165, 1.54) is 12.8 Å². The molecule has 1 aliphatic heterocycles. The Kier molecular flexibility index (Phi) is 5.54. The Labute approximate surface area is 115 Å². The number of aliphatic hydroxyl groups is 1. The second-order valence-corrected chi connectivity index (χ2v) is 5.18.